The molecule has 1 aromatic carbocycles. The van der Waals surface area contributed by atoms with Crippen LogP contribution in [0.5, 0.6) is 11.5 Å². The monoisotopic (exact) mass is 392 g/mol. The van der Waals surface area contributed by atoms with Gasteiger partial charge in [-0.25, -0.2) is 0 Å². The number of hydrogen-bond acceptors (Lipinski definition) is 4. The van der Waals surface area contributed by atoms with Gasteiger partial charge in [0.25, 0.3) is 5.91 Å². The molecule has 6 heteroatoms. The molecule has 24 heavy (non-hydrogen) atoms. The van der Waals surface area contributed by atoms with E-state index in [9.17, 15) is 10.1 Å². The molecule has 0 bridgehead atoms. The highest BCUT2D eigenvalue weighted by Crippen LogP contribution is 2.36. The van der Waals surface area contributed by atoms with Crippen molar-refractivity contribution in [2.75, 3.05) is 14.2 Å². The first kappa shape index (κ1) is 18.3. The number of benzene rings is 1. The van der Waals surface area contributed by atoms with Crippen LogP contribution in [0.4, 0.5) is 0 Å². The van der Waals surface area contributed by atoms with E-state index in [1.807, 2.05) is 6.07 Å². The van der Waals surface area contributed by atoms with Crippen LogP contribution >= 0.6 is 15.9 Å². The smallest absolute Gasteiger partial charge is 0.262 e. The fraction of sp³-hybridized carbons (Fsp3) is 0.444. The second-order valence-corrected chi connectivity index (χ2v) is 6.57. The lowest BCUT2D eigenvalue weighted by molar-refractivity contribution is -0.117. The first-order chi connectivity index (χ1) is 11.6. The van der Waals surface area contributed by atoms with Crippen molar-refractivity contribution in [1.29, 1.82) is 5.26 Å². The number of nitriles is 1. The largest absolute Gasteiger partial charge is 0.493 e. The molecule has 0 spiro atoms. The van der Waals surface area contributed by atoms with Crippen molar-refractivity contribution in [3.05, 3.63) is 27.7 Å². The Morgan fingerprint density at radius 2 is 2.00 bits per heavy atom. The molecule has 0 heterocycles. The quantitative estimate of drug-likeness (QED) is 0.610. The van der Waals surface area contributed by atoms with Gasteiger partial charge in [0.05, 0.1) is 18.7 Å². The highest BCUT2D eigenvalue weighted by molar-refractivity contribution is 9.10. The van der Waals surface area contributed by atoms with Gasteiger partial charge in [-0.3, -0.25) is 4.79 Å². The zero-order valence-electron chi connectivity index (χ0n) is 13.9. The van der Waals surface area contributed by atoms with Crippen LogP contribution in [0.3, 0.4) is 0 Å². The van der Waals surface area contributed by atoms with E-state index in [-0.39, 0.29) is 17.5 Å². The van der Waals surface area contributed by atoms with Gasteiger partial charge in [0.15, 0.2) is 11.5 Å². The molecular formula is C18H21BrN2O3. The number of methoxy groups -OCH3 is 2. The number of amides is 1. The number of carbonyl (C=O) groups is 1. The molecule has 1 fully saturated rings. The van der Waals surface area contributed by atoms with Crippen molar-refractivity contribution in [3.8, 4) is 17.6 Å². The van der Waals surface area contributed by atoms with Gasteiger partial charge in [0, 0.05) is 6.04 Å². The molecule has 1 saturated carbocycles. The second kappa shape index (κ2) is 8.74. The number of rotatable bonds is 5. The maximum atomic E-state index is 12.3. The van der Waals surface area contributed by atoms with E-state index in [0.717, 1.165) is 25.7 Å². The Kier molecular flexibility index (Phi) is 6.68. The standard InChI is InChI=1S/C18H21BrN2O3/c1-23-16-10-12(9-15(19)17(16)24-2)8-13(11-20)18(22)21-14-6-4-3-5-7-14/h8-10,14H,3-7H2,1-2H3,(H,21,22)/b13-8-. The molecule has 5 nitrogen and oxygen atoms in total. The maximum Gasteiger partial charge on any atom is 0.262 e. The van der Waals surface area contributed by atoms with Crippen LogP contribution < -0.4 is 14.8 Å². The van der Waals surface area contributed by atoms with E-state index in [1.165, 1.54) is 6.42 Å². The zero-order chi connectivity index (χ0) is 17.5. The lowest BCUT2D eigenvalue weighted by Gasteiger charge is -2.22. The summed E-state index contributed by atoms with van der Waals surface area (Å²) >= 11 is 3.41. The number of ether oxygens (including phenoxy) is 2. The van der Waals surface area contributed by atoms with E-state index in [1.54, 1.807) is 32.4 Å². The van der Waals surface area contributed by atoms with Crippen molar-refractivity contribution in [3.63, 3.8) is 0 Å². The predicted octanol–water partition coefficient (Wildman–Crippen LogP) is 3.82. The molecule has 1 aliphatic rings. The summed E-state index contributed by atoms with van der Waals surface area (Å²) in [5.74, 6) is 0.776. The summed E-state index contributed by atoms with van der Waals surface area (Å²) in [5.41, 5.74) is 0.773. The summed E-state index contributed by atoms with van der Waals surface area (Å²) in [7, 11) is 3.09. The SMILES string of the molecule is COc1cc(/C=C(/C#N)C(=O)NC2CCCCC2)cc(Br)c1OC. The predicted molar refractivity (Wildman–Crippen MR) is 95.9 cm³/mol. The van der Waals surface area contributed by atoms with E-state index in [2.05, 4.69) is 21.2 Å². The fourth-order valence-electron chi connectivity index (χ4n) is 2.85. The Morgan fingerprint density at radius 3 is 2.58 bits per heavy atom. The Labute approximate surface area is 150 Å². The average Bonchev–Trinajstić information content (AvgIpc) is 2.59. The summed E-state index contributed by atoms with van der Waals surface area (Å²) < 4.78 is 11.2. The van der Waals surface area contributed by atoms with Crippen LogP contribution in [0.2, 0.25) is 0 Å². The first-order valence-electron chi connectivity index (χ1n) is 7.93. The number of nitrogens with zero attached hydrogens (tertiary/aromatic N) is 1. The molecule has 0 aliphatic heterocycles. The van der Waals surface area contributed by atoms with Crippen molar-refractivity contribution in [1.82, 2.24) is 5.32 Å². The van der Waals surface area contributed by atoms with Crippen LogP contribution in [-0.2, 0) is 4.79 Å². The molecule has 1 N–H and O–H groups in total. The summed E-state index contributed by atoms with van der Waals surface area (Å²) in [5, 5.41) is 12.3. The summed E-state index contributed by atoms with van der Waals surface area (Å²) in [4.78, 5) is 12.3. The summed E-state index contributed by atoms with van der Waals surface area (Å²) in [6, 6.07) is 5.67. The molecule has 0 aromatic heterocycles. The lowest BCUT2D eigenvalue weighted by atomic mass is 9.95. The Morgan fingerprint density at radius 1 is 1.29 bits per heavy atom. The van der Waals surface area contributed by atoms with Gasteiger partial charge in [-0.1, -0.05) is 19.3 Å². The summed E-state index contributed by atoms with van der Waals surface area (Å²) in [6.45, 7) is 0. The van der Waals surface area contributed by atoms with Crippen molar-refractivity contribution in [2.24, 2.45) is 0 Å². The van der Waals surface area contributed by atoms with Crippen molar-refractivity contribution < 1.29 is 14.3 Å². The van der Waals surface area contributed by atoms with Crippen molar-refractivity contribution >= 4 is 27.9 Å². The Hall–Kier alpha value is -2.00. The van der Waals surface area contributed by atoms with Crippen LogP contribution in [0.15, 0.2) is 22.2 Å². The average molecular weight is 393 g/mol. The van der Waals surface area contributed by atoms with Gasteiger partial charge in [0.2, 0.25) is 0 Å². The number of nitrogens with one attached hydrogen (secondary N) is 1. The van der Waals surface area contributed by atoms with E-state index >= 15 is 0 Å². The van der Waals surface area contributed by atoms with E-state index < -0.39 is 0 Å². The summed E-state index contributed by atoms with van der Waals surface area (Å²) in [6.07, 6.45) is 6.98. The van der Waals surface area contributed by atoms with Crippen LogP contribution in [0, 0.1) is 11.3 Å². The van der Waals surface area contributed by atoms with Crippen LogP contribution in [0.1, 0.15) is 37.7 Å². The van der Waals surface area contributed by atoms with Gasteiger partial charge in [-0.05, 0) is 52.5 Å². The van der Waals surface area contributed by atoms with Gasteiger partial charge in [0.1, 0.15) is 11.6 Å². The molecule has 0 saturated heterocycles. The molecule has 0 radical (unpaired) electrons. The highest BCUT2D eigenvalue weighted by atomic mass is 79.9. The van der Waals surface area contributed by atoms with Gasteiger partial charge < -0.3 is 14.8 Å². The van der Waals surface area contributed by atoms with Gasteiger partial charge >= 0.3 is 0 Å². The second-order valence-electron chi connectivity index (χ2n) is 5.72. The highest BCUT2D eigenvalue weighted by Gasteiger charge is 2.18. The molecule has 1 aromatic rings. The minimum atomic E-state index is -0.324. The van der Waals surface area contributed by atoms with Gasteiger partial charge in [-0.2, -0.15) is 5.26 Å². The Balaban J connectivity index is 2.21. The molecular weight excluding hydrogens is 372 g/mol. The van der Waals surface area contributed by atoms with Crippen LogP contribution in [-0.4, -0.2) is 26.2 Å². The van der Waals surface area contributed by atoms with Crippen molar-refractivity contribution in [2.45, 2.75) is 38.1 Å². The van der Waals surface area contributed by atoms with E-state index in [4.69, 9.17) is 9.47 Å². The van der Waals surface area contributed by atoms with Crippen LogP contribution in [0.25, 0.3) is 6.08 Å². The van der Waals surface area contributed by atoms with Gasteiger partial charge in [-0.15, -0.1) is 0 Å². The molecule has 128 valence electrons. The minimum Gasteiger partial charge on any atom is -0.493 e. The van der Waals surface area contributed by atoms with E-state index in [0.29, 0.717) is 21.5 Å². The first-order valence-corrected chi connectivity index (χ1v) is 8.72. The topological polar surface area (TPSA) is 71.3 Å². The Bertz CT molecular complexity index is 674. The third-order valence-electron chi connectivity index (χ3n) is 4.07. The molecule has 1 amide bonds. The molecule has 1 aliphatic carbocycles. The number of carbonyl (C=O) groups excluding carboxylic acids is 1. The third-order valence-corrected chi connectivity index (χ3v) is 4.66. The molecule has 0 atom stereocenters. The number of hydrogen-bond donors (Lipinski definition) is 1. The minimum absolute atomic E-state index is 0.0830. The molecule has 2 rings (SSSR count). The lowest BCUT2D eigenvalue weighted by Crippen LogP contribution is -2.36. The normalized spacial score (nSPS) is 15.5. The maximum absolute atomic E-state index is 12.3. The number of halogens is 1. The zero-order valence-corrected chi connectivity index (χ0v) is 15.5. The fourth-order valence-corrected chi connectivity index (χ4v) is 3.47. The third kappa shape index (κ3) is 4.51. The molecule has 0 unspecified atom stereocenters.